The van der Waals surface area contributed by atoms with E-state index in [0.29, 0.717) is 18.9 Å². The molecule has 1 aliphatic rings. The van der Waals surface area contributed by atoms with E-state index in [0.717, 1.165) is 20.0 Å². The molecule has 3 heteroatoms. The summed E-state index contributed by atoms with van der Waals surface area (Å²) in [4.78, 5) is 2.27. The van der Waals surface area contributed by atoms with E-state index in [4.69, 9.17) is 0 Å². The molecule has 0 saturated carbocycles. The molecule has 0 spiro atoms. The summed E-state index contributed by atoms with van der Waals surface area (Å²) in [6.45, 7) is 14.9. The van der Waals surface area contributed by atoms with Crippen molar-refractivity contribution in [2.24, 2.45) is 5.92 Å². The zero-order valence-electron chi connectivity index (χ0n) is 12.7. The summed E-state index contributed by atoms with van der Waals surface area (Å²) < 4.78 is 25.8. The van der Waals surface area contributed by atoms with Crippen LogP contribution in [0.2, 0.25) is 0 Å². The van der Waals surface area contributed by atoms with Crippen LogP contribution in [0.3, 0.4) is 0 Å². The predicted molar refractivity (Wildman–Crippen MR) is 72.8 cm³/mol. The molecule has 0 unspecified atom stereocenters. The van der Waals surface area contributed by atoms with Crippen molar-refractivity contribution in [3.63, 3.8) is 0 Å². The van der Waals surface area contributed by atoms with Crippen LogP contribution in [0.25, 0.3) is 0 Å². The van der Waals surface area contributed by atoms with Crippen molar-refractivity contribution in [2.45, 2.75) is 73.3 Å². The van der Waals surface area contributed by atoms with Crippen molar-refractivity contribution in [2.75, 3.05) is 13.1 Å². The second kappa shape index (κ2) is 9.81. The Kier molecular flexibility index (Phi) is 11.1. The third kappa shape index (κ3) is 7.69. The van der Waals surface area contributed by atoms with Gasteiger partial charge in [-0.25, -0.2) is 8.78 Å². The van der Waals surface area contributed by atoms with Crippen LogP contribution >= 0.6 is 0 Å². The number of hydrogen-bond acceptors (Lipinski definition) is 1. The third-order valence-corrected chi connectivity index (χ3v) is 2.98. The van der Waals surface area contributed by atoms with Crippen molar-refractivity contribution in [3.8, 4) is 0 Å². The fraction of sp³-hybridized carbons (Fsp3) is 1.00. The summed E-state index contributed by atoms with van der Waals surface area (Å²) in [6, 6.07) is 0.492. The van der Waals surface area contributed by atoms with Gasteiger partial charge in [0.2, 0.25) is 5.92 Å². The molecule has 17 heavy (non-hydrogen) atoms. The number of nitrogens with zero attached hydrogens (tertiary/aromatic N) is 1. The van der Waals surface area contributed by atoms with E-state index >= 15 is 0 Å². The molecule has 1 fully saturated rings. The van der Waals surface area contributed by atoms with Gasteiger partial charge in [-0.05, 0) is 46.7 Å². The molecule has 106 valence electrons. The fourth-order valence-electron chi connectivity index (χ4n) is 1.92. The Labute approximate surface area is 107 Å². The third-order valence-electron chi connectivity index (χ3n) is 2.98. The Hall–Kier alpha value is -0.180. The second-order valence-corrected chi connectivity index (χ2v) is 4.36. The SMILES string of the molecule is CC.CC.CC(C)N1CCC(C(C)(F)F)CC1. The van der Waals surface area contributed by atoms with E-state index in [-0.39, 0.29) is 0 Å². The summed E-state index contributed by atoms with van der Waals surface area (Å²) in [6.07, 6.45) is 1.28. The highest BCUT2D eigenvalue weighted by molar-refractivity contribution is 4.80. The molecule has 0 amide bonds. The lowest BCUT2D eigenvalue weighted by molar-refractivity contribution is -0.0644. The Morgan fingerprint density at radius 1 is 1.00 bits per heavy atom. The van der Waals surface area contributed by atoms with E-state index < -0.39 is 11.8 Å². The molecule has 0 atom stereocenters. The van der Waals surface area contributed by atoms with Crippen LogP contribution < -0.4 is 0 Å². The molecule has 0 aromatic heterocycles. The first-order chi connectivity index (χ1) is 7.91. The van der Waals surface area contributed by atoms with Crippen molar-refractivity contribution >= 4 is 0 Å². The number of piperidine rings is 1. The van der Waals surface area contributed by atoms with Gasteiger partial charge < -0.3 is 4.90 Å². The molecule has 0 aliphatic carbocycles. The molecule has 0 bridgehead atoms. The van der Waals surface area contributed by atoms with Crippen molar-refractivity contribution in [1.29, 1.82) is 0 Å². The quantitative estimate of drug-likeness (QED) is 0.680. The highest BCUT2D eigenvalue weighted by Crippen LogP contribution is 2.32. The lowest BCUT2D eigenvalue weighted by Gasteiger charge is -2.36. The van der Waals surface area contributed by atoms with Gasteiger partial charge in [-0.3, -0.25) is 0 Å². The minimum Gasteiger partial charge on any atom is -0.301 e. The average Bonchev–Trinajstić information content (AvgIpc) is 2.33. The van der Waals surface area contributed by atoms with E-state index in [2.05, 4.69) is 18.7 Å². The van der Waals surface area contributed by atoms with Crippen LogP contribution in [0.4, 0.5) is 8.78 Å². The van der Waals surface area contributed by atoms with E-state index in [1.54, 1.807) is 0 Å². The lowest BCUT2D eigenvalue weighted by atomic mass is 9.91. The lowest BCUT2D eigenvalue weighted by Crippen LogP contribution is -2.42. The van der Waals surface area contributed by atoms with Crippen molar-refractivity contribution in [1.82, 2.24) is 4.90 Å². The zero-order valence-corrected chi connectivity index (χ0v) is 12.7. The van der Waals surface area contributed by atoms with E-state index in [9.17, 15) is 8.78 Å². The normalized spacial score (nSPS) is 18.0. The zero-order chi connectivity index (χ0) is 14.1. The predicted octanol–water partition coefficient (Wildman–Crippen LogP) is 4.81. The van der Waals surface area contributed by atoms with Gasteiger partial charge in [0.15, 0.2) is 0 Å². The summed E-state index contributed by atoms with van der Waals surface area (Å²) in [5.74, 6) is -2.88. The highest BCUT2D eigenvalue weighted by Gasteiger charge is 2.36. The second-order valence-electron chi connectivity index (χ2n) is 4.36. The van der Waals surface area contributed by atoms with Crippen molar-refractivity contribution < 1.29 is 8.78 Å². The molecule has 1 saturated heterocycles. The Morgan fingerprint density at radius 2 is 1.35 bits per heavy atom. The smallest absolute Gasteiger partial charge is 0.248 e. The molecule has 0 radical (unpaired) electrons. The number of likely N-dealkylation sites (tertiary alicyclic amines) is 1. The van der Waals surface area contributed by atoms with Gasteiger partial charge in [0.05, 0.1) is 0 Å². The number of rotatable bonds is 2. The average molecular weight is 251 g/mol. The topological polar surface area (TPSA) is 3.24 Å². The van der Waals surface area contributed by atoms with Crippen molar-refractivity contribution in [3.05, 3.63) is 0 Å². The largest absolute Gasteiger partial charge is 0.301 e. The van der Waals surface area contributed by atoms with Gasteiger partial charge in [-0.15, -0.1) is 0 Å². The van der Waals surface area contributed by atoms with Gasteiger partial charge >= 0.3 is 0 Å². The summed E-state index contributed by atoms with van der Waals surface area (Å²) in [5.41, 5.74) is 0. The minimum absolute atomic E-state index is 0.400. The van der Waals surface area contributed by atoms with Crippen LogP contribution in [0.15, 0.2) is 0 Å². The number of halogens is 2. The van der Waals surface area contributed by atoms with Crippen LogP contribution in [-0.4, -0.2) is 30.0 Å². The first-order valence-electron chi connectivity index (χ1n) is 7.03. The van der Waals surface area contributed by atoms with Gasteiger partial charge in [0.25, 0.3) is 0 Å². The summed E-state index contributed by atoms with van der Waals surface area (Å²) >= 11 is 0. The van der Waals surface area contributed by atoms with Gasteiger partial charge in [-0.1, -0.05) is 27.7 Å². The Balaban J connectivity index is 0. The summed E-state index contributed by atoms with van der Waals surface area (Å²) in [7, 11) is 0. The maximum atomic E-state index is 12.9. The Morgan fingerprint density at radius 3 is 1.59 bits per heavy atom. The van der Waals surface area contributed by atoms with E-state index in [1.807, 2.05) is 27.7 Å². The molecule has 1 nitrogen and oxygen atoms in total. The number of alkyl halides is 2. The highest BCUT2D eigenvalue weighted by atomic mass is 19.3. The molecule has 0 N–H and O–H groups in total. The van der Waals surface area contributed by atoms with Crippen LogP contribution in [-0.2, 0) is 0 Å². The van der Waals surface area contributed by atoms with E-state index in [1.165, 1.54) is 0 Å². The maximum absolute atomic E-state index is 12.9. The Bertz CT molecular complexity index is 156. The van der Waals surface area contributed by atoms with Gasteiger partial charge in [-0.2, -0.15) is 0 Å². The number of hydrogen-bond donors (Lipinski definition) is 0. The van der Waals surface area contributed by atoms with Crippen LogP contribution in [0, 0.1) is 5.92 Å². The molecule has 0 aromatic rings. The van der Waals surface area contributed by atoms with Gasteiger partial charge in [0.1, 0.15) is 0 Å². The monoisotopic (exact) mass is 251 g/mol. The first kappa shape index (κ1) is 19.2. The summed E-state index contributed by atoms with van der Waals surface area (Å²) in [5, 5.41) is 0. The molecule has 0 aromatic carbocycles. The minimum atomic E-state index is -2.48. The molecular formula is C14H31F2N. The standard InChI is InChI=1S/C10H19F2N.2C2H6/c1-8(2)13-6-4-9(5-7-13)10(3,11)12;2*1-2/h8-9H,4-7H2,1-3H3;2*1-2H3. The maximum Gasteiger partial charge on any atom is 0.248 e. The van der Waals surface area contributed by atoms with Crippen LogP contribution in [0.5, 0.6) is 0 Å². The molecule has 1 heterocycles. The first-order valence-corrected chi connectivity index (χ1v) is 7.03. The van der Waals surface area contributed by atoms with Gasteiger partial charge in [0, 0.05) is 12.0 Å². The molecule has 1 aliphatic heterocycles. The molecular weight excluding hydrogens is 220 g/mol. The molecule has 1 rings (SSSR count). The fourth-order valence-corrected chi connectivity index (χ4v) is 1.92. The van der Waals surface area contributed by atoms with Crippen LogP contribution in [0.1, 0.15) is 61.3 Å².